The summed E-state index contributed by atoms with van der Waals surface area (Å²) in [5, 5.41) is 13.3. The van der Waals surface area contributed by atoms with Crippen LogP contribution in [0.5, 0.6) is 0 Å². The van der Waals surface area contributed by atoms with Crippen LogP contribution < -0.4 is 5.32 Å². The van der Waals surface area contributed by atoms with Crippen molar-refractivity contribution in [2.75, 3.05) is 18.2 Å². The number of nitrogens with zero attached hydrogens (tertiary/aromatic N) is 3. The van der Waals surface area contributed by atoms with Gasteiger partial charge in [0, 0.05) is 22.0 Å². The zero-order valence-corrected chi connectivity index (χ0v) is 21.4. The zero-order chi connectivity index (χ0) is 24.2. The fourth-order valence-electron chi connectivity index (χ4n) is 3.95. The predicted molar refractivity (Wildman–Crippen MR) is 137 cm³/mol. The van der Waals surface area contributed by atoms with E-state index in [0.29, 0.717) is 39.0 Å². The van der Waals surface area contributed by atoms with Gasteiger partial charge in [-0.3, -0.25) is 9.36 Å². The molecule has 1 aromatic carbocycles. The molecule has 0 saturated carbocycles. The number of anilines is 1. The van der Waals surface area contributed by atoms with Gasteiger partial charge in [0.15, 0.2) is 11.0 Å². The van der Waals surface area contributed by atoms with Crippen molar-refractivity contribution in [3.8, 4) is 11.4 Å². The maximum absolute atomic E-state index is 12.8. The Hall–Kier alpha value is -2.62. The number of esters is 1. The summed E-state index contributed by atoms with van der Waals surface area (Å²) in [6, 6.07) is 7.34. The van der Waals surface area contributed by atoms with Crippen molar-refractivity contribution >= 4 is 51.6 Å². The first-order chi connectivity index (χ1) is 16.4. The molecule has 0 fully saturated rings. The van der Waals surface area contributed by atoms with Crippen LogP contribution in [0.3, 0.4) is 0 Å². The third kappa shape index (κ3) is 5.21. The average molecular weight is 517 g/mol. The van der Waals surface area contributed by atoms with Crippen molar-refractivity contribution in [3.63, 3.8) is 0 Å². The standard InChI is InChI=1S/C24H25ClN4O3S2/c1-4-11-29-21(15-6-8-16(25)9-7-15)27-28-24(29)33-13-19(30)26-22-20(23(31)32-3)17-10-5-14(2)12-18(17)34-22/h4,6-9,14H,1,5,10-13H2,2-3H3,(H,26,30). The number of amides is 1. The zero-order valence-electron chi connectivity index (χ0n) is 19.0. The predicted octanol–water partition coefficient (Wildman–Crippen LogP) is 5.49. The number of methoxy groups -OCH3 is 1. The molecule has 0 spiro atoms. The van der Waals surface area contributed by atoms with E-state index < -0.39 is 5.97 Å². The Morgan fingerprint density at radius 3 is 2.82 bits per heavy atom. The van der Waals surface area contributed by atoms with Gasteiger partial charge in [-0.15, -0.1) is 28.1 Å². The lowest BCUT2D eigenvalue weighted by Crippen LogP contribution is -2.17. The second kappa shape index (κ2) is 10.8. The Morgan fingerprint density at radius 1 is 1.35 bits per heavy atom. The minimum absolute atomic E-state index is 0.121. The molecule has 2 aromatic heterocycles. The first-order valence-corrected chi connectivity index (χ1v) is 13.0. The Balaban J connectivity index is 1.50. The lowest BCUT2D eigenvalue weighted by atomic mass is 9.88. The summed E-state index contributed by atoms with van der Waals surface area (Å²) in [4.78, 5) is 26.5. The van der Waals surface area contributed by atoms with Crippen molar-refractivity contribution < 1.29 is 14.3 Å². The normalized spacial score (nSPS) is 15.0. The molecule has 178 valence electrons. The van der Waals surface area contributed by atoms with E-state index in [1.54, 1.807) is 18.2 Å². The highest BCUT2D eigenvalue weighted by atomic mass is 35.5. The van der Waals surface area contributed by atoms with Crippen LogP contribution >= 0.6 is 34.7 Å². The van der Waals surface area contributed by atoms with Crippen molar-refractivity contribution in [2.45, 2.75) is 37.9 Å². The average Bonchev–Trinajstić information content (AvgIpc) is 3.38. The number of thioether (sulfide) groups is 1. The van der Waals surface area contributed by atoms with Gasteiger partial charge in [-0.2, -0.15) is 0 Å². The van der Waals surface area contributed by atoms with Crippen LogP contribution in [0.25, 0.3) is 11.4 Å². The molecule has 1 aliphatic carbocycles. The second-order valence-corrected chi connectivity index (χ2v) is 10.6. The third-order valence-corrected chi connectivity index (χ3v) is 8.01. The topological polar surface area (TPSA) is 86.1 Å². The van der Waals surface area contributed by atoms with Gasteiger partial charge in [-0.1, -0.05) is 36.4 Å². The summed E-state index contributed by atoms with van der Waals surface area (Å²) >= 11 is 8.76. The van der Waals surface area contributed by atoms with Crippen LogP contribution in [0.1, 0.15) is 34.1 Å². The summed E-state index contributed by atoms with van der Waals surface area (Å²) < 4.78 is 6.91. The van der Waals surface area contributed by atoms with Gasteiger partial charge in [0.2, 0.25) is 5.91 Å². The molecule has 7 nitrogen and oxygen atoms in total. The Kier molecular flexibility index (Phi) is 7.75. The maximum Gasteiger partial charge on any atom is 0.341 e. The van der Waals surface area contributed by atoms with E-state index in [1.165, 1.54) is 30.2 Å². The lowest BCUT2D eigenvalue weighted by Gasteiger charge is -2.18. The second-order valence-electron chi connectivity index (χ2n) is 8.10. The van der Waals surface area contributed by atoms with Crippen LogP contribution in [-0.4, -0.2) is 39.5 Å². The number of nitrogens with one attached hydrogen (secondary N) is 1. The van der Waals surface area contributed by atoms with Crippen LogP contribution in [0.2, 0.25) is 5.02 Å². The first kappa shape index (κ1) is 24.5. The first-order valence-electron chi connectivity index (χ1n) is 10.9. The van der Waals surface area contributed by atoms with Crippen LogP contribution in [0.4, 0.5) is 5.00 Å². The van der Waals surface area contributed by atoms with E-state index in [4.69, 9.17) is 16.3 Å². The molecule has 1 N–H and O–H groups in total. The van der Waals surface area contributed by atoms with Crippen molar-refractivity contribution in [2.24, 2.45) is 5.92 Å². The molecule has 0 saturated heterocycles. The fourth-order valence-corrected chi connectivity index (χ4v) is 6.24. The Labute approximate surface area is 211 Å². The van der Waals surface area contributed by atoms with Crippen LogP contribution in [-0.2, 0) is 28.9 Å². The number of halogens is 1. The van der Waals surface area contributed by atoms with Gasteiger partial charge in [0.25, 0.3) is 0 Å². The summed E-state index contributed by atoms with van der Waals surface area (Å²) in [5.74, 6) is 0.723. The highest BCUT2D eigenvalue weighted by Gasteiger charge is 2.29. The summed E-state index contributed by atoms with van der Waals surface area (Å²) in [7, 11) is 1.37. The molecular weight excluding hydrogens is 492 g/mol. The molecule has 10 heteroatoms. The van der Waals surface area contributed by atoms with Crippen LogP contribution in [0.15, 0.2) is 42.1 Å². The largest absolute Gasteiger partial charge is 0.465 e. The molecule has 2 heterocycles. The number of carbonyl (C=O) groups excluding carboxylic acids is 2. The molecule has 1 aliphatic rings. The van der Waals surface area contributed by atoms with Gasteiger partial charge in [-0.25, -0.2) is 4.79 Å². The third-order valence-electron chi connectivity index (χ3n) is 5.62. The van der Waals surface area contributed by atoms with Gasteiger partial charge >= 0.3 is 5.97 Å². The monoisotopic (exact) mass is 516 g/mol. The summed E-state index contributed by atoms with van der Waals surface area (Å²) in [5.41, 5.74) is 2.38. The van der Waals surface area contributed by atoms with Gasteiger partial charge in [0.1, 0.15) is 5.00 Å². The van der Waals surface area contributed by atoms with E-state index >= 15 is 0 Å². The number of thiophene rings is 1. The summed E-state index contributed by atoms with van der Waals surface area (Å²) in [6.07, 6.45) is 4.51. The SMILES string of the molecule is C=CCn1c(SCC(=O)Nc2sc3c(c2C(=O)OC)CCC(C)C3)nnc1-c1ccc(Cl)cc1. The summed E-state index contributed by atoms with van der Waals surface area (Å²) in [6.45, 7) is 6.52. The minimum atomic E-state index is -0.409. The number of aromatic nitrogens is 3. The number of ether oxygens (including phenoxy) is 1. The molecule has 1 atom stereocenters. The number of allylic oxidation sites excluding steroid dienone is 1. The molecular formula is C24H25ClN4O3S2. The number of carbonyl (C=O) groups is 2. The fraction of sp³-hybridized carbons (Fsp3) is 0.333. The van der Waals surface area contributed by atoms with E-state index in [-0.39, 0.29) is 11.7 Å². The van der Waals surface area contributed by atoms with Crippen molar-refractivity contribution in [1.82, 2.24) is 14.8 Å². The number of fused-ring (bicyclic) bond motifs is 1. The van der Waals surface area contributed by atoms with E-state index in [1.807, 2.05) is 16.7 Å². The molecule has 34 heavy (non-hydrogen) atoms. The van der Waals surface area contributed by atoms with Crippen molar-refractivity contribution in [3.05, 3.63) is 57.9 Å². The molecule has 4 rings (SSSR count). The molecule has 0 bridgehead atoms. The van der Waals surface area contributed by atoms with Crippen molar-refractivity contribution in [1.29, 1.82) is 0 Å². The molecule has 1 unspecified atom stereocenters. The van der Waals surface area contributed by atoms with E-state index in [9.17, 15) is 9.59 Å². The highest BCUT2D eigenvalue weighted by molar-refractivity contribution is 7.99. The van der Waals surface area contributed by atoms with E-state index in [0.717, 1.165) is 35.3 Å². The van der Waals surface area contributed by atoms with Crippen LogP contribution in [0, 0.1) is 5.92 Å². The minimum Gasteiger partial charge on any atom is -0.465 e. The lowest BCUT2D eigenvalue weighted by molar-refractivity contribution is -0.113. The van der Waals surface area contributed by atoms with Gasteiger partial charge in [-0.05, 0) is 55.0 Å². The smallest absolute Gasteiger partial charge is 0.341 e. The molecule has 0 radical (unpaired) electrons. The Morgan fingerprint density at radius 2 is 2.12 bits per heavy atom. The Bertz CT molecular complexity index is 1220. The van der Waals surface area contributed by atoms with Gasteiger partial charge in [0.05, 0.1) is 18.4 Å². The maximum atomic E-state index is 12.8. The number of hydrogen-bond acceptors (Lipinski definition) is 7. The number of benzene rings is 1. The number of hydrogen-bond donors (Lipinski definition) is 1. The number of rotatable bonds is 8. The van der Waals surface area contributed by atoms with Gasteiger partial charge < -0.3 is 10.1 Å². The molecule has 0 aliphatic heterocycles. The highest BCUT2D eigenvalue weighted by Crippen LogP contribution is 2.40. The molecule has 3 aromatic rings. The molecule has 1 amide bonds. The quantitative estimate of drug-likeness (QED) is 0.242. The van der Waals surface area contributed by atoms with E-state index in [2.05, 4.69) is 29.0 Å².